The SMILES string of the molecule is CC(C)(C)c1ccc(C[C@@H](NC(=O)OCC2c3ccccc3-c3ccccc32)C(=O)O)cc1. The van der Waals surface area contributed by atoms with E-state index in [1.807, 2.05) is 60.7 Å². The largest absolute Gasteiger partial charge is 0.480 e. The van der Waals surface area contributed by atoms with Crippen LogP contribution in [0, 0.1) is 0 Å². The lowest BCUT2D eigenvalue weighted by molar-refractivity contribution is -0.139. The highest BCUT2D eigenvalue weighted by Gasteiger charge is 2.29. The van der Waals surface area contributed by atoms with Crippen LogP contribution in [0.3, 0.4) is 0 Å². The van der Waals surface area contributed by atoms with Gasteiger partial charge in [0.25, 0.3) is 0 Å². The van der Waals surface area contributed by atoms with E-state index in [4.69, 9.17) is 4.74 Å². The summed E-state index contributed by atoms with van der Waals surface area (Å²) in [5, 5.41) is 12.2. The number of nitrogens with one attached hydrogen (secondary N) is 1. The Morgan fingerprint density at radius 2 is 1.45 bits per heavy atom. The lowest BCUT2D eigenvalue weighted by Gasteiger charge is -2.20. The summed E-state index contributed by atoms with van der Waals surface area (Å²) in [5.74, 6) is -1.17. The molecule has 1 aliphatic carbocycles. The van der Waals surface area contributed by atoms with Crippen molar-refractivity contribution in [1.82, 2.24) is 5.32 Å². The van der Waals surface area contributed by atoms with Gasteiger partial charge in [-0.15, -0.1) is 0 Å². The maximum absolute atomic E-state index is 12.5. The quantitative estimate of drug-likeness (QED) is 0.526. The number of amides is 1. The molecule has 170 valence electrons. The monoisotopic (exact) mass is 443 g/mol. The molecular formula is C28H29NO4. The van der Waals surface area contributed by atoms with Gasteiger partial charge in [-0.2, -0.15) is 0 Å². The van der Waals surface area contributed by atoms with Crippen LogP contribution in [-0.2, 0) is 21.4 Å². The Morgan fingerprint density at radius 3 is 1.97 bits per heavy atom. The van der Waals surface area contributed by atoms with E-state index in [0.717, 1.165) is 27.8 Å². The molecule has 0 spiro atoms. The molecule has 1 aliphatic rings. The fourth-order valence-electron chi connectivity index (χ4n) is 4.36. The van der Waals surface area contributed by atoms with Crippen LogP contribution >= 0.6 is 0 Å². The molecule has 5 nitrogen and oxygen atoms in total. The zero-order chi connectivity index (χ0) is 23.6. The first-order valence-electron chi connectivity index (χ1n) is 11.2. The van der Waals surface area contributed by atoms with Gasteiger partial charge in [0.2, 0.25) is 0 Å². The molecule has 1 amide bonds. The molecule has 0 bridgehead atoms. The minimum atomic E-state index is -1.09. The number of hydrogen-bond acceptors (Lipinski definition) is 3. The van der Waals surface area contributed by atoms with Gasteiger partial charge >= 0.3 is 12.1 Å². The molecule has 0 saturated heterocycles. The van der Waals surface area contributed by atoms with E-state index >= 15 is 0 Å². The number of rotatable bonds is 6. The van der Waals surface area contributed by atoms with Crippen molar-refractivity contribution in [3.63, 3.8) is 0 Å². The van der Waals surface area contributed by atoms with E-state index in [0.29, 0.717) is 0 Å². The van der Waals surface area contributed by atoms with Crippen molar-refractivity contribution in [2.24, 2.45) is 0 Å². The normalized spacial score (nSPS) is 13.7. The Bertz CT molecular complexity index is 1120. The summed E-state index contributed by atoms with van der Waals surface area (Å²) < 4.78 is 5.51. The molecule has 0 aliphatic heterocycles. The summed E-state index contributed by atoms with van der Waals surface area (Å²) in [6.45, 7) is 6.52. The lowest BCUT2D eigenvalue weighted by atomic mass is 9.86. The van der Waals surface area contributed by atoms with Crippen LogP contribution in [-0.4, -0.2) is 29.8 Å². The number of alkyl carbamates (subject to hydrolysis) is 1. The summed E-state index contributed by atoms with van der Waals surface area (Å²) in [4.78, 5) is 24.3. The predicted octanol–water partition coefficient (Wildman–Crippen LogP) is 5.52. The minimum Gasteiger partial charge on any atom is -0.480 e. The summed E-state index contributed by atoms with van der Waals surface area (Å²) >= 11 is 0. The Kier molecular flexibility index (Phi) is 6.23. The molecule has 0 aromatic heterocycles. The smallest absolute Gasteiger partial charge is 0.407 e. The second kappa shape index (κ2) is 9.10. The standard InChI is InChI=1S/C28H29NO4/c1-28(2,3)19-14-12-18(13-15-19)16-25(26(30)31)29-27(32)33-17-24-22-10-6-4-8-20(22)21-9-5-7-11-23(21)24/h4-15,24-25H,16-17H2,1-3H3,(H,29,32)(H,30,31)/t25-/m1/s1. The maximum Gasteiger partial charge on any atom is 0.407 e. The number of benzene rings is 3. The zero-order valence-electron chi connectivity index (χ0n) is 19.2. The van der Waals surface area contributed by atoms with Crippen molar-refractivity contribution in [2.75, 3.05) is 6.61 Å². The van der Waals surface area contributed by atoms with Crippen LogP contribution in [0.2, 0.25) is 0 Å². The summed E-state index contributed by atoms with van der Waals surface area (Å²) in [6, 6.07) is 22.9. The number of fused-ring (bicyclic) bond motifs is 3. The average Bonchev–Trinajstić information content (AvgIpc) is 3.11. The van der Waals surface area contributed by atoms with Gasteiger partial charge in [-0.1, -0.05) is 93.6 Å². The molecule has 3 aromatic rings. The first kappa shape index (κ1) is 22.6. The van der Waals surface area contributed by atoms with Gasteiger partial charge in [0.15, 0.2) is 0 Å². The minimum absolute atomic E-state index is 0.0181. The van der Waals surface area contributed by atoms with Crippen molar-refractivity contribution >= 4 is 12.1 Å². The molecule has 0 fully saturated rings. The number of carboxylic acid groups (broad SMARTS) is 1. The first-order valence-corrected chi connectivity index (χ1v) is 11.2. The van der Waals surface area contributed by atoms with Gasteiger partial charge < -0.3 is 15.2 Å². The van der Waals surface area contributed by atoms with Crippen LogP contribution in [0.1, 0.15) is 48.9 Å². The van der Waals surface area contributed by atoms with E-state index in [1.54, 1.807) is 0 Å². The second-order valence-electron chi connectivity index (χ2n) is 9.51. The van der Waals surface area contributed by atoms with Crippen molar-refractivity contribution in [1.29, 1.82) is 0 Å². The molecule has 0 unspecified atom stereocenters. The molecular weight excluding hydrogens is 414 g/mol. The maximum atomic E-state index is 12.5. The van der Waals surface area contributed by atoms with Gasteiger partial charge in [-0.05, 0) is 38.8 Å². The topological polar surface area (TPSA) is 75.6 Å². The molecule has 5 heteroatoms. The third-order valence-electron chi connectivity index (χ3n) is 6.19. The van der Waals surface area contributed by atoms with E-state index < -0.39 is 18.1 Å². The van der Waals surface area contributed by atoms with Gasteiger partial charge in [0.1, 0.15) is 12.6 Å². The van der Waals surface area contributed by atoms with E-state index in [1.165, 1.54) is 5.56 Å². The van der Waals surface area contributed by atoms with E-state index in [2.05, 4.69) is 38.2 Å². The Balaban J connectivity index is 1.41. The highest BCUT2D eigenvalue weighted by molar-refractivity contribution is 5.81. The second-order valence-corrected chi connectivity index (χ2v) is 9.51. The molecule has 3 aromatic carbocycles. The van der Waals surface area contributed by atoms with Crippen LogP contribution in [0.15, 0.2) is 72.8 Å². The number of carboxylic acids is 1. The number of aliphatic carboxylic acids is 1. The number of hydrogen-bond donors (Lipinski definition) is 2. The summed E-state index contributed by atoms with van der Waals surface area (Å²) in [6.07, 6.45) is -0.542. The van der Waals surface area contributed by atoms with Crippen molar-refractivity contribution in [2.45, 2.75) is 44.6 Å². The molecule has 33 heavy (non-hydrogen) atoms. The highest BCUT2D eigenvalue weighted by atomic mass is 16.5. The molecule has 0 saturated carbocycles. The number of carbonyl (C=O) groups excluding carboxylic acids is 1. The van der Waals surface area contributed by atoms with Crippen molar-refractivity contribution < 1.29 is 19.4 Å². The molecule has 0 heterocycles. The lowest BCUT2D eigenvalue weighted by Crippen LogP contribution is -2.42. The summed E-state index contributed by atoms with van der Waals surface area (Å²) in [5.41, 5.74) is 6.54. The van der Waals surface area contributed by atoms with E-state index in [9.17, 15) is 14.7 Å². The first-order chi connectivity index (χ1) is 15.7. The van der Waals surface area contributed by atoms with Gasteiger partial charge in [-0.25, -0.2) is 9.59 Å². The molecule has 4 rings (SSSR count). The van der Waals surface area contributed by atoms with E-state index in [-0.39, 0.29) is 24.4 Å². The fraction of sp³-hybridized carbons (Fsp3) is 0.286. The van der Waals surface area contributed by atoms with Gasteiger partial charge in [0.05, 0.1) is 0 Å². The van der Waals surface area contributed by atoms with Crippen molar-refractivity contribution in [3.8, 4) is 11.1 Å². The number of carbonyl (C=O) groups is 2. The Labute approximate surface area is 194 Å². The fourth-order valence-corrected chi connectivity index (χ4v) is 4.36. The Morgan fingerprint density at radius 1 is 0.909 bits per heavy atom. The highest BCUT2D eigenvalue weighted by Crippen LogP contribution is 2.44. The molecule has 2 N–H and O–H groups in total. The van der Waals surface area contributed by atoms with Crippen LogP contribution in [0.25, 0.3) is 11.1 Å². The molecule has 0 radical (unpaired) electrons. The zero-order valence-corrected chi connectivity index (χ0v) is 19.2. The van der Waals surface area contributed by atoms with Crippen LogP contribution < -0.4 is 5.32 Å². The molecule has 1 atom stereocenters. The van der Waals surface area contributed by atoms with Crippen LogP contribution in [0.5, 0.6) is 0 Å². The van der Waals surface area contributed by atoms with Crippen LogP contribution in [0.4, 0.5) is 4.79 Å². The van der Waals surface area contributed by atoms with Gasteiger partial charge in [-0.3, -0.25) is 0 Å². The third kappa shape index (κ3) is 4.92. The van der Waals surface area contributed by atoms with Crippen molar-refractivity contribution in [3.05, 3.63) is 95.1 Å². The predicted molar refractivity (Wildman–Crippen MR) is 128 cm³/mol. The third-order valence-corrected chi connectivity index (χ3v) is 6.19. The Hall–Kier alpha value is -3.60. The van der Waals surface area contributed by atoms with Gasteiger partial charge in [0, 0.05) is 12.3 Å². The number of ether oxygens (including phenoxy) is 1. The average molecular weight is 444 g/mol. The summed E-state index contributed by atoms with van der Waals surface area (Å²) in [7, 11) is 0.